The molecule has 1 aliphatic heterocycles. The average molecular weight is 473 g/mol. The second kappa shape index (κ2) is 8.57. The summed E-state index contributed by atoms with van der Waals surface area (Å²) in [5.41, 5.74) is 6.51. The van der Waals surface area contributed by atoms with Gasteiger partial charge in [0.1, 0.15) is 22.9 Å². The number of nitrogens with zero attached hydrogens (tertiary/aromatic N) is 2. The van der Waals surface area contributed by atoms with Gasteiger partial charge in [0.25, 0.3) is 10.0 Å². The first-order chi connectivity index (χ1) is 14.7. The molecule has 0 bridgehead atoms. The molecule has 2 fully saturated rings. The van der Waals surface area contributed by atoms with Crippen molar-refractivity contribution < 1.29 is 17.2 Å². The molecule has 12 heteroatoms. The predicted octanol–water partition coefficient (Wildman–Crippen LogP) is 2.52. The summed E-state index contributed by atoms with van der Waals surface area (Å²) in [7, 11) is -4.33. The summed E-state index contributed by atoms with van der Waals surface area (Å²) in [6.07, 6.45) is 5.67. The Morgan fingerprint density at radius 2 is 2.13 bits per heavy atom. The van der Waals surface area contributed by atoms with Crippen LogP contribution >= 0.6 is 11.5 Å². The third-order valence-corrected chi connectivity index (χ3v) is 8.25. The Labute approximate surface area is 184 Å². The topological polar surface area (TPSA) is 122 Å². The van der Waals surface area contributed by atoms with Crippen molar-refractivity contribution in [3.05, 3.63) is 30.1 Å². The molecule has 1 spiro atoms. The molecule has 1 aliphatic carbocycles. The lowest BCUT2D eigenvalue weighted by atomic mass is 9.90. The van der Waals surface area contributed by atoms with Crippen molar-refractivity contribution in [2.24, 2.45) is 17.1 Å². The predicted molar refractivity (Wildman–Crippen MR) is 115 cm³/mol. The van der Waals surface area contributed by atoms with Gasteiger partial charge in [-0.3, -0.25) is 4.72 Å². The number of anilines is 2. The first kappa shape index (κ1) is 22.3. The van der Waals surface area contributed by atoms with Gasteiger partial charge in [0.05, 0.1) is 5.69 Å². The molecule has 2 heterocycles. The maximum Gasteiger partial charge on any atom is 0.266 e. The highest BCUT2D eigenvalue weighted by atomic mass is 32.2. The van der Waals surface area contributed by atoms with Gasteiger partial charge in [-0.05, 0) is 50.0 Å². The van der Waals surface area contributed by atoms with Crippen molar-refractivity contribution in [1.29, 1.82) is 0 Å². The van der Waals surface area contributed by atoms with Crippen LogP contribution in [-0.2, 0) is 10.0 Å². The number of nitrogens with one attached hydrogen (secondary N) is 3. The summed E-state index contributed by atoms with van der Waals surface area (Å²) in [6, 6.07) is 1.77. The van der Waals surface area contributed by atoms with Gasteiger partial charge in [-0.2, -0.15) is 4.37 Å². The second-order valence-electron chi connectivity index (χ2n) is 8.63. The van der Waals surface area contributed by atoms with Crippen molar-refractivity contribution in [2.45, 2.75) is 49.6 Å². The number of hydrogen-bond acceptors (Lipinski definition) is 8. The molecule has 0 radical (unpaired) electrons. The molecule has 3 unspecified atom stereocenters. The van der Waals surface area contributed by atoms with E-state index in [-0.39, 0.29) is 22.8 Å². The lowest BCUT2D eigenvalue weighted by Crippen LogP contribution is -2.37. The number of benzene rings is 1. The van der Waals surface area contributed by atoms with Crippen molar-refractivity contribution >= 4 is 32.4 Å². The first-order valence-electron chi connectivity index (χ1n) is 10.2. The fourth-order valence-corrected chi connectivity index (χ4v) is 5.83. The fourth-order valence-electron chi connectivity index (χ4n) is 4.10. The van der Waals surface area contributed by atoms with Gasteiger partial charge in [0.2, 0.25) is 5.13 Å². The number of rotatable bonds is 9. The maximum absolute atomic E-state index is 14.6. The molecule has 5 N–H and O–H groups in total. The van der Waals surface area contributed by atoms with Gasteiger partial charge in [0.15, 0.2) is 0 Å². The largest absolute Gasteiger partial charge is 0.382 e. The summed E-state index contributed by atoms with van der Waals surface area (Å²) in [4.78, 5) is 2.90. The molecule has 2 aliphatic rings. The molecule has 31 heavy (non-hydrogen) atoms. The SMILES string of the molecule is CC(N)C(CNc1cc(F)c(S(=O)(=O)Nc2ncns2)cc1F)CC1CC2(CC2)CN1. The minimum atomic E-state index is -4.33. The number of aromatic nitrogens is 2. The normalized spacial score (nSPS) is 21.7. The highest BCUT2D eigenvalue weighted by Crippen LogP contribution is 2.52. The van der Waals surface area contributed by atoms with Gasteiger partial charge in [-0.25, -0.2) is 22.2 Å². The molecule has 1 saturated heterocycles. The number of sulfonamides is 1. The summed E-state index contributed by atoms with van der Waals surface area (Å²) in [5.74, 6) is -1.87. The van der Waals surface area contributed by atoms with E-state index in [0.717, 1.165) is 43.3 Å². The zero-order chi connectivity index (χ0) is 22.2. The Morgan fingerprint density at radius 3 is 2.74 bits per heavy atom. The van der Waals surface area contributed by atoms with E-state index >= 15 is 0 Å². The van der Waals surface area contributed by atoms with Crippen LogP contribution in [0.3, 0.4) is 0 Å². The molecule has 170 valence electrons. The Hall–Kier alpha value is -1.89. The van der Waals surface area contributed by atoms with E-state index in [4.69, 9.17) is 5.73 Å². The van der Waals surface area contributed by atoms with Crippen LogP contribution < -0.4 is 21.1 Å². The van der Waals surface area contributed by atoms with Crippen LogP contribution in [0.25, 0.3) is 0 Å². The lowest BCUT2D eigenvalue weighted by molar-refractivity contribution is 0.371. The first-order valence-corrected chi connectivity index (χ1v) is 12.4. The van der Waals surface area contributed by atoms with Crippen LogP contribution in [0.15, 0.2) is 23.4 Å². The molecule has 0 amide bonds. The summed E-state index contributed by atoms with van der Waals surface area (Å²) < 4.78 is 59.7. The average Bonchev–Trinajstić information content (AvgIpc) is 3.07. The molecule has 1 aromatic heterocycles. The highest BCUT2D eigenvalue weighted by Gasteiger charge is 2.48. The minimum Gasteiger partial charge on any atom is -0.382 e. The van der Waals surface area contributed by atoms with Gasteiger partial charge in [-0.1, -0.05) is 0 Å². The van der Waals surface area contributed by atoms with E-state index in [0.29, 0.717) is 24.1 Å². The van der Waals surface area contributed by atoms with E-state index in [1.54, 1.807) is 0 Å². The van der Waals surface area contributed by atoms with Crippen molar-refractivity contribution in [1.82, 2.24) is 14.7 Å². The van der Waals surface area contributed by atoms with Gasteiger partial charge in [-0.15, -0.1) is 0 Å². The zero-order valence-electron chi connectivity index (χ0n) is 17.1. The molecular weight excluding hydrogens is 446 g/mol. The van der Waals surface area contributed by atoms with Gasteiger partial charge >= 0.3 is 0 Å². The highest BCUT2D eigenvalue weighted by molar-refractivity contribution is 7.93. The van der Waals surface area contributed by atoms with Crippen LogP contribution in [0.4, 0.5) is 19.6 Å². The van der Waals surface area contributed by atoms with Gasteiger partial charge < -0.3 is 16.4 Å². The summed E-state index contributed by atoms with van der Waals surface area (Å²) >= 11 is 0.791. The Morgan fingerprint density at radius 1 is 1.35 bits per heavy atom. The second-order valence-corrected chi connectivity index (χ2v) is 11.1. The Kier molecular flexibility index (Phi) is 6.16. The Balaban J connectivity index is 1.42. The molecule has 3 atom stereocenters. The van der Waals surface area contributed by atoms with E-state index in [1.807, 2.05) is 6.92 Å². The number of nitrogens with two attached hydrogens (primary N) is 1. The zero-order valence-corrected chi connectivity index (χ0v) is 18.7. The smallest absolute Gasteiger partial charge is 0.266 e. The van der Waals surface area contributed by atoms with Gasteiger partial charge in [0, 0.05) is 42.8 Å². The molecule has 1 saturated carbocycles. The van der Waals surface area contributed by atoms with Crippen LogP contribution in [0, 0.1) is 23.0 Å². The van der Waals surface area contributed by atoms with Crippen molar-refractivity contribution in [3.63, 3.8) is 0 Å². The van der Waals surface area contributed by atoms with Crippen LogP contribution in [0.5, 0.6) is 0 Å². The van der Waals surface area contributed by atoms with Crippen molar-refractivity contribution in [2.75, 3.05) is 23.1 Å². The monoisotopic (exact) mass is 472 g/mol. The third kappa shape index (κ3) is 5.13. The fraction of sp³-hybridized carbons (Fsp3) is 0.579. The lowest BCUT2D eigenvalue weighted by Gasteiger charge is -2.25. The minimum absolute atomic E-state index is 0.0321. The quantitative estimate of drug-likeness (QED) is 0.442. The number of hydrogen-bond donors (Lipinski definition) is 4. The molecule has 2 aromatic rings. The van der Waals surface area contributed by atoms with E-state index in [1.165, 1.54) is 12.8 Å². The third-order valence-electron chi connectivity index (χ3n) is 6.18. The standard InChI is InChI=1S/C19H26F2N6O2S2/c1-11(22)12(4-13-7-19(2-3-19)9-24-13)8-23-16-5-15(21)17(6-14(16)20)31(28,29)27-18-25-10-26-30-18/h5-6,10-13,23-24H,2-4,7-9,22H2,1H3,(H,25,26,27). The summed E-state index contributed by atoms with van der Waals surface area (Å²) in [6.45, 7) is 3.30. The molecule has 8 nitrogen and oxygen atoms in total. The van der Waals surface area contributed by atoms with E-state index in [9.17, 15) is 17.2 Å². The van der Waals surface area contributed by atoms with Crippen LogP contribution in [-0.4, -0.2) is 42.9 Å². The molecule has 4 rings (SSSR count). The van der Waals surface area contributed by atoms with E-state index < -0.39 is 26.6 Å². The van der Waals surface area contributed by atoms with Crippen LogP contribution in [0.2, 0.25) is 0 Å². The Bertz CT molecular complexity index is 1030. The molecular formula is C19H26F2N6O2S2. The maximum atomic E-state index is 14.6. The molecule has 1 aromatic carbocycles. The van der Waals surface area contributed by atoms with E-state index in [2.05, 4.69) is 24.7 Å². The summed E-state index contributed by atoms with van der Waals surface area (Å²) in [5, 5.41) is 6.43. The van der Waals surface area contributed by atoms with Crippen molar-refractivity contribution in [3.8, 4) is 0 Å². The van der Waals surface area contributed by atoms with Crippen LogP contribution in [0.1, 0.15) is 32.6 Å². The number of halogens is 2.